The molecular weight excluding hydrogens is 417 g/mol. The SMILES string of the molecule is O=C(/C=C\c1ccc([N+](=O)[O-])cc1)N1CCN(Cc2nnnn2-c2cccc(F)c2)CC1. The van der Waals surface area contributed by atoms with Gasteiger partial charge in [0.1, 0.15) is 5.82 Å². The van der Waals surface area contributed by atoms with Crippen LogP contribution in [0.1, 0.15) is 11.4 Å². The molecule has 0 N–H and O–H groups in total. The van der Waals surface area contributed by atoms with Crippen LogP contribution in [0, 0.1) is 15.9 Å². The molecule has 2 heterocycles. The third kappa shape index (κ3) is 5.01. The molecule has 0 bridgehead atoms. The number of rotatable bonds is 6. The number of benzene rings is 2. The van der Waals surface area contributed by atoms with Crippen LogP contribution in [0.15, 0.2) is 54.6 Å². The molecule has 0 atom stereocenters. The highest BCUT2D eigenvalue weighted by Gasteiger charge is 2.22. The average molecular weight is 437 g/mol. The van der Waals surface area contributed by atoms with Gasteiger partial charge in [-0.25, -0.2) is 4.39 Å². The molecular formula is C21H20FN7O3. The van der Waals surface area contributed by atoms with Gasteiger partial charge >= 0.3 is 0 Å². The van der Waals surface area contributed by atoms with Crippen LogP contribution in [0.3, 0.4) is 0 Å². The van der Waals surface area contributed by atoms with E-state index in [0.717, 1.165) is 0 Å². The fourth-order valence-corrected chi connectivity index (χ4v) is 3.42. The third-order valence-electron chi connectivity index (χ3n) is 5.16. The summed E-state index contributed by atoms with van der Waals surface area (Å²) in [5.41, 5.74) is 1.27. The van der Waals surface area contributed by atoms with Gasteiger partial charge < -0.3 is 4.90 Å². The Kier molecular flexibility index (Phi) is 6.26. The molecule has 4 rings (SSSR count). The predicted molar refractivity (Wildman–Crippen MR) is 113 cm³/mol. The van der Waals surface area contributed by atoms with Crippen molar-refractivity contribution in [3.8, 4) is 5.69 Å². The number of halogens is 1. The monoisotopic (exact) mass is 437 g/mol. The number of nitro groups is 1. The van der Waals surface area contributed by atoms with Gasteiger partial charge in [-0.1, -0.05) is 6.07 Å². The zero-order chi connectivity index (χ0) is 22.5. The highest BCUT2D eigenvalue weighted by atomic mass is 19.1. The fourth-order valence-electron chi connectivity index (χ4n) is 3.42. The first-order valence-electron chi connectivity index (χ1n) is 9.96. The molecule has 3 aromatic rings. The number of aromatic nitrogens is 4. The zero-order valence-corrected chi connectivity index (χ0v) is 17.0. The number of tetrazole rings is 1. The summed E-state index contributed by atoms with van der Waals surface area (Å²) >= 11 is 0. The minimum atomic E-state index is -0.463. The largest absolute Gasteiger partial charge is 0.337 e. The fraction of sp³-hybridized carbons (Fsp3) is 0.238. The van der Waals surface area contributed by atoms with E-state index in [1.54, 1.807) is 35.2 Å². The summed E-state index contributed by atoms with van der Waals surface area (Å²) in [6.45, 7) is 2.86. The molecule has 2 aromatic carbocycles. The summed E-state index contributed by atoms with van der Waals surface area (Å²) in [5.74, 6) is 0.110. The van der Waals surface area contributed by atoms with Gasteiger partial charge in [0.15, 0.2) is 5.82 Å². The average Bonchev–Trinajstić information content (AvgIpc) is 3.26. The van der Waals surface area contributed by atoms with Gasteiger partial charge in [0.25, 0.3) is 5.69 Å². The van der Waals surface area contributed by atoms with Crippen molar-refractivity contribution < 1.29 is 14.1 Å². The van der Waals surface area contributed by atoms with E-state index in [-0.39, 0.29) is 17.4 Å². The van der Waals surface area contributed by atoms with Crippen molar-refractivity contribution in [3.63, 3.8) is 0 Å². The molecule has 0 spiro atoms. The van der Waals surface area contributed by atoms with Crippen molar-refractivity contribution in [2.24, 2.45) is 0 Å². The van der Waals surface area contributed by atoms with E-state index in [1.807, 2.05) is 0 Å². The molecule has 1 saturated heterocycles. The lowest BCUT2D eigenvalue weighted by Crippen LogP contribution is -2.48. The number of nitro benzene ring substituents is 1. The Hall–Kier alpha value is -3.99. The van der Waals surface area contributed by atoms with E-state index in [0.29, 0.717) is 49.8 Å². The summed E-state index contributed by atoms with van der Waals surface area (Å²) in [6.07, 6.45) is 3.12. The quantitative estimate of drug-likeness (QED) is 0.330. The molecule has 1 aliphatic rings. The van der Waals surface area contributed by atoms with E-state index >= 15 is 0 Å². The Morgan fingerprint density at radius 1 is 1.12 bits per heavy atom. The van der Waals surface area contributed by atoms with Crippen LogP contribution in [0.2, 0.25) is 0 Å². The molecule has 1 aliphatic heterocycles. The molecule has 0 unspecified atom stereocenters. The minimum Gasteiger partial charge on any atom is -0.337 e. The van der Waals surface area contributed by atoms with Gasteiger partial charge in [0.2, 0.25) is 5.91 Å². The van der Waals surface area contributed by atoms with E-state index in [9.17, 15) is 19.3 Å². The van der Waals surface area contributed by atoms with Gasteiger partial charge in [-0.2, -0.15) is 4.68 Å². The maximum Gasteiger partial charge on any atom is 0.269 e. The second kappa shape index (κ2) is 9.43. The van der Waals surface area contributed by atoms with Crippen LogP contribution in [0.5, 0.6) is 0 Å². The van der Waals surface area contributed by atoms with Crippen molar-refractivity contribution in [2.45, 2.75) is 6.54 Å². The van der Waals surface area contributed by atoms with Crippen molar-refractivity contribution in [2.75, 3.05) is 26.2 Å². The van der Waals surface area contributed by atoms with Crippen LogP contribution in [0.25, 0.3) is 11.8 Å². The lowest BCUT2D eigenvalue weighted by atomic mass is 10.2. The number of carbonyl (C=O) groups is 1. The number of amides is 1. The number of hydrogen-bond donors (Lipinski definition) is 0. The van der Waals surface area contributed by atoms with Crippen LogP contribution >= 0.6 is 0 Å². The summed E-state index contributed by atoms with van der Waals surface area (Å²) < 4.78 is 15.0. The highest BCUT2D eigenvalue weighted by Crippen LogP contribution is 2.14. The number of carbonyl (C=O) groups excluding carboxylic acids is 1. The van der Waals surface area contributed by atoms with E-state index in [2.05, 4.69) is 20.4 Å². The van der Waals surface area contributed by atoms with Crippen LogP contribution < -0.4 is 0 Å². The Bertz CT molecular complexity index is 1140. The lowest BCUT2D eigenvalue weighted by molar-refractivity contribution is -0.384. The second-order valence-corrected chi connectivity index (χ2v) is 7.27. The maximum absolute atomic E-state index is 13.5. The van der Waals surface area contributed by atoms with E-state index in [4.69, 9.17) is 0 Å². The predicted octanol–water partition coefficient (Wildman–Crippen LogP) is 2.07. The van der Waals surface area contributed by atoms with Crippen molar-refractivity contribution in [1.82, 2.24) is 30.0 Å². The smallest absolute Gasteiger partial charge is 0.269 e. The molecule has 10 nitrogen and oxygen atoms in total. The topological polar surface area (TPSA) is 110 Å². The molecule has 1 fully saturated rings. The van der Waals surface area contributed by atoms with Gasteiger partial charge in [-0.05, 0) is 52.4 Å². The Morgan fingerprint density at radius 2 is 1.88 bits per heavy atom. The maximum atomic E-state index is 13.5. The van der Waals surface area contributed by atoms with Crippen molar-refractivity contribution >= 4 is 17.7 Å². The van der Waals surface area contributed by atoms with E-state index < -0.39 is 4.92 Å². The van der Waals surface area contributed by atoms with Gasteiger partial charge in [0, 0.05) is 44.4 Å². The number of nitrogens with zero attached hydrogens (tertiary/aromatic N) is 7. The van der Waals surface area contributed by atoms with Gasteiger partial charge in [-0.3, -0.25) is 19.8 Å². The third-order valence-corrected chi connectivity index (χ3v) is 5.16. The lowest BCUT2D eigenvalue weighted by Gasteiger charge is -2.33. The summed E-state index contributed by atoms with van der Waals surface area (Å²) in [5, 5.41) is 22.4. The first kappa shape index (κ1) is 21.2. The molecule has 11 heteroatoms. The normalized spacial score (nSPS) is 14.7. The molecule has 1 aromatic heterocycles. The van der Waals surface area contributed by atoms with Gasteiger partial charge in [-0.15, -0.1) is 5.10 Å². The first-order chi connectivity index (χ1) is 15.5. The Morgan fingerprint density at radius 3 is 2.56 bits per heavy atom. The van der Waals surface area contributed by atoms with Crippen LogP contribution in [0.4, 0.5) is 10.1 Å². The molecule has 1 amide bonds. The number of hydrogen-bond acceptors (Lipinski definition) is 7. The zero-order valence-electron chi connectivity index (χ0n) is 17.0. The van der Waals surface area contributed by atoms with Crippen molar-refractivity contribution in [3.05, 3.63) is 81.9 Å². The summed E-state index contributed by atoms with van der Waals surface area (Å²) in [6, 6.07) is 12.1. The first-order valence-corrected chi connectivity index (χ1v) is 9.96. The number of piperazine rings is 1. The van der Waals surface area contributed by atoms with Gasteiger partial charge in [0.05, 0.1) is 17.2 Å². The summed E-state index contributed by atoms with van der Waals surface area (Å²) in [7, 11) is 0. The highest BCUT2D eigenvalue weighted by molar-refractivity contribution is 5.91. The molecule has 164 valence electrons. The summed E-state index contributed by atoms with van der Waals surface area (Å²) in [4.78, 5) is 26.6. The standard InChI is InChI=1S/C21H20FN7O3/c22-17-2-1-3-19(14-17)28-20(23-24-25-28)15-26-10-12-27(13-11-26)21(30)9-6-16-4-7-18(8-5-16)29(31)32/h1-9,14H,10-13,15H2/b9-6-. The second-order valence-electron chi connectivity index (χ2n) is 7.27. The Labute approximate surface area is 182 Å². The van der Waals surface area contributed by atoms with E-state index in [1.165, 1.54) is 35.0 Å². The van der Waals surface area contributed by atoms with Crippen LogP contribution in [-0.2, 0) is 11.3 Å². The van der Waals surface area contributed by atoms with Crippen molar-refractivity contribution in [1.29, 1.82) is 0 Å². The Balaban J connectivity index is 1.31. The molecule has 32 heavy (non-hydrogen) atoms. The van der Waals surface area contributed by atoms with Crippen LogP contribution in [-0.4, -0.2) is 67.0 Å². The molecule has 0 radical (unpaired) electrons. The number of non-ortho nitro benzene ring substituents is 1. The molecule has 0 saturated carbocycles. The molecule has 0 aliphatic carbocycles. The minimum absolute atomic E-state index is 0.00744.